The first-order valence-electron chi connectivity index (χ1n) is 10.1. The van der Waals surface area contributed by atoms with Crippen molar-refractivity contribution in [3.63, 3.8) is 0 Å². The van der Waals surface area contributed by atoms with E-state index < -0.39 is 5.54 Å². The molecule has 8 heteroatoms. The highest BCUT2D eigenvalue weighted by Gasteiger charge is 2.44. The number of methoxy groups -OCH3 is 1. The smallest absolute Gasteiger partial charge is 0.324 e. The van der Waals surface area contributed by atoms with Gasteiger partial charge in [0.1, 0.15) is 17.4 Å². The van der Waals surface area contributed by atoms with Gasteiger partial charge in [0.05, 0.1) is 30.4 Å². The fourth-order valence-corrected chi connectivity index (χ4v) is 3.86. The molecule has 0 bridgehead atoms. The molecule has 2 aromatic carbocycles. The van der Waals surface area contributed by atoms with Crippen molar-refractivity contribution in [3.05, 3.63) is 83.7 Å². The number of rotatable bonds is 5. The zero-order chi connectivity index (χ0) is 22.9. The average Bonchev–Trinajstić information content (AvgIpc) is 3.35. The van der Waals surface area contributed by atoms with E-state index in [9.17, 15) is 9.18 Å². The summed E-state index contributed by atoms with van der Waals surface area (Å²) in [6.45, 7) is 4.09. The fourth-order valence-electron chi connectivity index (χ4n) is 3.86. The number of hydrogen-bond acceptors (Lipinski definition) is 4. The first-order valence-corrected chi connectivity index (χ1v) is 10.1. The van der Waals surface area contributed by atoms with Crippen molar-refractivity contribution in [2.45, 2.75) is 19.4 Å². The number of urea groups is 1. The van der Waals surface area contributed by atoms with E-state index in [1.54, 1.807) is 37.7 Å². The van der Waals surface area contributed by atoms with Crippen LogP contribution >= 0.6 is 0 Å². The third-order valence-corrected chi connectivity index (χ3v) is 5.61. The fraction of sp³-hybridized carbons (Fsp3) is 0.208. The standard InChI is InChI=1S/C24H24FN5O2/c1-16-13-29(15-28-16)20-10-4-17(12-21(20)32-3)5-11-22(26)30-23(31)27-14-24(30,2)18-6-8-19(25)9-7-18/h4-13,15,26H,14H2,1-3H3,(H,27,31)/b11-5+,26-22?. The van der Waals surface area contributed by atoms with Gasteiger partial charge in [0, 0.05) is 12.7 Å². The lowest BCUT2D eigenvalue weighted by Crippen LogP contribution is -2.45. The molecular formula is C24H24FN5O2. The molecule has 1 saturated heterocycles. The van der Waals surface area contributed by atoms with Crippen LogP contribution in [0.3, 0.4) is 0 Å². The Hall–Kier alpha value is -3.94. The lowest BCUT2D eigenvalue weighted by molar-refractivity contribution is 0.213. The summed E-state index contributed by atoms with van der Waals surface area (Å²) in [5, 5.41) is 11.3. The minimum Gasteiger partial charge on any atom is -0.495 e. The number of amidine groups is 1. The molecule has 0 radical (unpaired) electrons. The summed E-state index contributed by atoms with van der Waals surface area (Å²) in [4.78, 5) is 18.2. The van der Waals surface area contributed by atoms with E-state index in [-0.39, 0.29) is 17.7 Å². The molecule has 7 nitrogen and oxygen atoms in total. The van der Waals surface area contributed by atoms with E-state index in [0.717, 1.165) is 22.5 Å². The summed E-state index contributed by atoms with van der Waals surface area (Å²) in [6, 6.07) is 11.3. The van der Waals surface area contributed by atoms with Crippen LogP contribution < -0.4 is 10.1 Å². The van der Waals surface area contributed by atoms with Crippen LogP contribution in [0.1, 0.15) is 23.7 Å². The zero-order valence-corrected chi connectivity index (χ0v) is 18.1. The normalized spacial score (nSPS) is 18.2. The molecule has 0 aliphatic carbocycles. The Morgan fingerprint density at radius 3 is 2.69 bits per heavy atom. The van der Waals surface area contributed by atoms with Crippen molar-refractivity contribution in [2.75, 3.05) is 13.7 Å². The number of amides is 2. The molecule has 3 aromatic rings. The Labute approximate surface area is 185 Å². The molecule has 4 rings (SSSR count). The second-order valence-electron chi connectivity index (χ2n) is 7.85. The predicted octanol–water partition coefficient (Wildman–Crippen LogP) is 4.26. The molecule has 1 fully saturated rings. The third kappa shape index (κ3) is 3.87. The number of hydrogen-bond donors (Lipinski definition) is 2. The molecule has 32 heavy (non-hydrogen) atoms. The van der Waals surface area contributed by atoms with Crippen LogP contribution in [0.2, 0.25) is 0 Å². The number of aromatic nitrogens is 2. The van der Waals surface area contributed by atoms with Gasteiger partial charge in [-0.1, -0.05) is 24.3 Å². The SMILES string of the molecule is COc1cc(/C=C/C(=N)N2C(=O)NCC2(C)c2ccc(F)cc2)ccc1-n1cnc(C)c1. The van der Waals surface area contributed by atoms with Gasteiger partial charge < -0.3 is 14.6 Å². The number of benzene rings is 2. The highest BCUT2D eigenvalue weighted by Crippen LogP contribution is 2.32. The van der Waals surface area contributed by atoms with Gasteiger partial charge in [-0.15, -0.1) is 0 Å². The molecule has 2 heterocycles. The van der Waals surface area contributed by atoms with Crippen molar-refractivity contribution in [3.8, 4) is 11.4 Å². The van der Waals surface area contributed by atoms with E-state index >= 15 is 0 Å². The molecule has 1 atom stereocenters. The summed E-state index contributed by atoms with van der Waals surface area (Å²) in [5.41, 5.74) is 2.51. The van der Waals surface area contributed by atoms with Crippen LogP contribution in [-0.4, -0.2) is 40.0 Å². The Balaban J connectivity index is 1.59. The number of halogens is 1. The van der Waals surface area contributed by atoms with Crippen molar-refractivity contribution < 1.29 is 13.9 Å². The highest BCUT2D eigenvalue weighted by molar-refractivity contribution is 6.06. The molecule has 164 valence electrons. The molecule has 1 aromatic heterocycles. The number of nitrogens with one attached hydrogen (secondary N) is 2. The molecule has 1 aliphatic heterocycles. The van der Waals surface area contributed by atoms with Crippen molar-refractivity contribution in [1.82, 2.24) is 19.8 Å². The van der Waals surface area contributed by atoms with Crippen molar-refractivity contribution in [2.24, 2.45) is 0 Å². The number of imidazole rings is 1. The number of aryl methyl sites for hydroxylation is 1. The van der Waals surface area contributed by atoms with Gasteiger partial charge in [-0.3, -0.25) is 10.3 Å². The second-order valence-corrected chi connectivity index (χ2v) is 7.85. The zero-order valence-electron chi connectivity index (χ0n) is 18.1. The summed E-state index contributed by atoms with van der Waals surface area (Å²) >= 11 is 0. The minimum absolute atomic E-state index is 0.0279. The molecule has 1 aliphatic rings. The van der Waals surface area contributed by atoms with E-state index in [2.05, 4.69) is 10.3 Å². The first kappa shape index (κ1) is 21.3. The van der Waals surface area contributed by atoms with E-state index in [0.29, 0.717) is 12.3 Å². The second kappa shape index (κ2) is 8.30. The van der Waals surface area contributed by atoms with E-state index in [4.69, 9.17) is 10.1 Å². The van der Waals surface area contributed by atoms with Crippen LogP contribution in [0.5, 0.6) is 5.75 Å². The first-order chi connectivity index (χ1) is 15.3. The monoisotopic (exact) mass is 433 g/mol. The highest BCUT2D eigenvalue weighted by atomic mass is 19.1. The lowest BCUT2D eigenvalue weighted by Gasteiger charge is -2.33. The van der Waals surface area contributed by atoms with Crippen LogP contribution in [0.25, 0.3) is 11.8 Å². The third-order valence-electron chi connectivity index (χ3n) is 5.61. The molecular weight excluding hydrogens is 409 g/mol. The molecule has 0 spiro atoms. The number of carbonyl (C=O) groups excluding carboxylic acids is 1. The largest absolute Gasteiger partial charge is 0.495 e. The summed E-state index contributed by atoms with van der Waals surface area (Å²) in [7, 11) is 1.60. The summed E-state index contributed by atoms with van der Waals surface area (Å²) in [5.74, 6) is 0.339. The van der Waals surface area contributed by atoms with E-state index in [1.165, 1.54) is 17.0 Å². The van der Waals surface area contributed by atoms with Gasteiger partial charge in [0.25, 0.3) is 0 Å². The Morgan fingerprint density at radius 1 is 1.28 bits per heavy atom. The van der Waals surface area contributed by atoms with E-state index in [1.807, 2.05) is 42.8 Å². The maximum absolute atomic E-state index is 13.4. The van der Waals surface area contributed by atoms with Gasteiger partial charge in [0.2, 0.25) is 0 Å². The van der Waals surface area contributed by atoms with Crippen LogP contribution in [0.15, 0.2) is 61.1 Å². The van der Waals surface area contributed by atoms with Gasteiger partial charge in [-0.05, 0) is 55.3 Å². The van der Waals surface area contributed by atoms with Gasteiger partial charge in [-0.2, -0.15) is 0 Å². The predicted molar refractivity (Wildman–Crippen MR) is 121 cm³/mol. The number of ether oxygens (including phenoxy) is 1. The maximum Gasteiger partial charge on any atom is 0.324 e. The lowest BCUT2D eigenvalue weighted by atomic mass is 9.91. The Kier molecular flexibility index (Phi) is 5.52. The Bertz CT molecular complexity index is 1200. The number of carbonyl (C=O) groups is 1. The topological polar surface area (TPSA) is 83.2 Å². The summed E-state index contributed by atoms with van der Waals surface area (Å²) < 4.78 is 20.8. The quantitative estimate of drug-likeness (QED) is 0.466. The minimum atomic E-state index is -0.799. The van der Waals surface area contributed by atoms with Crippen LogP contribution in [0, 0.1) is 18.2 Å². The van der Waals surface area contributed by atoms with Crippen LogP contribution in [-0.2, 0) is 5.54 Å². The molecule has 1 unspecified atom stereocenters. The molecule has 0 saturated carbocycles. The maximum atomic E-state index is 13.4. The van der Waals surface area contributed by atoms with Gasteiger partial charge in [-0.25, -0.2) is 14.2 Å². The van der Waals surface area contributed by atoms with Gasteiger partial charge >= 0.3 is 6.03 Å². The number of nitrogens with zero attached hydrogens (tertiary/aromatic N) is 3. The molecule has 2 amide bonds. The van der Waals surface area contributed by atoms with Crippen molar-refractivity contribution in [1.29, 1.82) is 5.41 Å². The van der Waals surface area contributed by atoms with Crippen LogP contribution in [0.4, 0.5) is 9.18 Å². The molecule has 2 N–H and O–H groups in total. The Morgan fingerprint density at radius 2 is 2.03 bits per heavy atom. The average molecular weight is 433 g/mol. The summed E-state index contributed by atoms with van der Waals surface area (Å²) in [6.07, 6.45) is 6.96. The van der Waals surface area contributed by atoms with Gasteiger partial charge in [0.15, 0.2) is 0 Å². The van der Waals surface area contributed by atoms with Crippen molar-refractivity contribution >= 4 is 17.9 Å².